The maximum Gasteiger partial charge on any atom is 0.495 e. The van der Waals surface area contributed by atoms with E-state index in [9.17, 15) is 0 Å². The smallest absolute Gasteiger partial charge is 0.443 e. The van der Waals surface area contributed by atoms with Gasteiger partial charge in [-0.15, -0.1) is 0 Å². The molecule has 0 saturated carbocycles. The summed E-state index contributed by atoms with van der Waals surface area (Å²) in [4.78, 5) is 0. The van der Waals surface area contributed by atoms with Gasteiger partial charge in [-0.3, -0.25) is 0 Å². The van der Waals surface area contributed by atoms with Crippen molar-refractivity contribution in [1.82, 2.24) is 0 Å². The van der Waals surface area contributed by atoms with E-state index < -0.39 is 0 Å². The van der Waals surface area contributed by atoms with E-state index in [4.69, 9.17) is 4.74 Å². The van der Waals surface area contributed by atoms with E-state index in [0.717, 1.165) is 56.9 Å². The molecule has 0 amide bonds. The average Bonchev–Trinajstić information content (AvgIpc) is 4.00. The van der Waals surface area contributed by atoms with E-state index in [-0.39, 0.29) is 0 Å². The number of allylic oxidation sites excluding steroid dienone is 4. The molecule has 13 nitrogen and oxygen atoms in total. The predicted molar refractivity (Wildman–Crippen MR) is 193 cm³/mol. The van der Waals surface area contributed by atoms with Crippen molar-refractivity contribution in [2.24, 2.45) is 0 Å². The van der Waals surface area contributed by atoms with Crippen molar-refractivity contribution in [1.29, 1.82) is 0 Å². The van der Waals surface area contributed by atoms with Crippen LogP contribution in [0.5, 0.6) is 11.5 Å². The second-order valence-corrected chi connectivity index (χ2v) is 13.6. The second-order valence-electron chi connectivity index (χ2n) is 13.6. The molecule has 53 heavy (non-hydrogen) atoms. The van der Waals surface area contributed by atoms with Gasteiger partial charge in [0.15, 0.2) is 42.3 Å². The van der Waals surface area contributed by atoms with Crippen LogP contribution in [-0.4, -0.2) is 133 Å². The van der Waals surface area contributed by atoms with Crippen LogP contribution < -0.4 is 4.74 Å². The first-order chi connectivity index (χ1) is 25.4. The summed E-state index contributed by atoms with van der Waals surface area (Å²) in [6, 6.07) is 29.0. The maximum atomic E-state index is 7.19. The van der Waals surface area contributed by atoms with Gasteiger partial charge in [0.25, 0.3) is 59.0 Å². The van der Waals surface area contributed by atoms with Gasteiger partial charge >= 0.3 is 58.8 Å². The summed E-state index contributed by atoms with van der Waals surface area (Å²) in [5, 5.41) is 0. The Morgan fingerprint density at radius 1 is 0.358 bits per heavy atom. The molecular formula is C40H42N12O+12. The molecule has 8 rings (SSSR count). The molecule has 0 N–H and O–H groups in total. The minimum atomic E-state index is 0.608. The molecule has 0 aliphatic carbocycles. The van der Waals surface area contributed by atoms with Crippen LogP contribution in [0, 0.1) is 0 Å². The molecule has 6 aliphatic heterocycles. The summed E-state index contributed by atoms with van der Waals surface area (Å²) in [5.74, 6) is 1.22. The van der Waals surface area contributed by atoms with Gasteiger partial charge in [-0.25, -0.2) is 0 Å². The molecule has 6 aliphatic rings. The minimum absolute atomic E-state index is 0.608. The van der Waals surface area contributed by atoms with E-state index in [1.54, 1.807) is 0 Å². The third kappa shape index (κ3) is 5.67. The molecule has 2 aromatic rings. The van der Waals surface area contributed by atoms with Crippen molar-refractivity contribution in [2.45, 2.75) is 27.7 Å². The highest BCUT2D eigenvalue weighted by Gasteiger charge is 2.43. The number of hydrogen-bond donors (Lipinski definition) is 0. The standard InChI is InChI=1S/C40H42N12O/c1-29-31(3)51(27-45(29)9)35-19-37(49-17-13-43(7)25-49)39(21-33(35)47-15-11-41(5)23-47)53-40-22-34(48-16-12-42(6)24-48)36(52-28-46(10)30(2)32(52)4)20-38(40)50-18-14-44(8)26-50/h11-22H,1-10H3/q+12. The van der Waals surface area contributed by atoms with Crippen LogP contribution in [0.15, 0.2) is 96.7 Å². The summed E-state index contributed by atoms with van der Waals surface area (Å²) >= 11 is 0. The Labute approximate surface area is 307 Å². The van der Waals surface area contributed by atoms with Gasteiger partial charge in [-0.05, 0) is 18.3 Å². The van der Waals surface area contributed by atoms with Gasteiger partial charge in [0, 0.05) is 27.7 Å². The Morgan fingerprint density at radius 2 is 0.679 bits per heavy atom. The lowest BCUT2D eigenvalue weighted by atomic mass is 10.1. The van der Waals surface area contributed by atoms with E-state index in [0.29, 0.717) is 11.5 Å². The van der Waals surface area contributed by atoms with E-state index in [1.807, 2.05) is 138 Å². The van der Waals surface area contributed by atoms with Crippen molar-refractivity contribution in [2.75, 3.05) is 42.3 Å². The molecule has 0 aromatic heterocycles. The normalized spacial score (nSPS) is 18.2. The zero-order chi connectivity index (χ0) is 37.3. The Balaban J connectivity index is 1.43. The lowest BCUT2D eigenvalue weighted by Gasteiger charge is -2.09. The fraction of sp³-hybridized carbons (Fsp3) is 0.250. The highest BCUT2D eigenvalue weighted by Crippen LogP contribution is 2.47. The van der Waals surface area contributed by atoms with Crippen molar-refractivity contribution >= 4 is 70.2 Å². The van der Waals surface area contributed by atoms with Gasteiger partial charge in [0.1, 0.15) is 0 Å². The fourth-order valence-electron chi connectivity index (χ4n) is 6.52. The number of hydrogen-bond acceptors (Lipinski definition) is 1. The molecule has 0 unspecified atom stereocenters. The van der Waals surface area contributed by atoms with Gasteiger partial charge in [-0.2, -0.15) is 0 Å². The number of rotatable bonds is 8. The van der Waals surface area contributed by atoms with Crippen LogP contribution in [-0.2, 0) is 0 Å². The molecule has 0 bridgehead atoms. The Morgan fingerprint density at radius 3 is 0.943 bits per heavy atom. The van der Waals surface area contributed by atoms with Crippen molar-refractivity contribution < 1.29 is 59.6 Å². The van der Waals surface area contributed by atoms with Crippen LogP contribution >= 0.6 is 0 Å². The summed E-state index contributed by atoms with van der Waals surface area (Å²) in [6.45, 7) is 8.40. The molecule has 0 atom stereocenters. The molecule has 0 saturated heterocycles. The quantitative estimate of drug-likeness (QED) is 0.367. The Bertz CT molecular complexity index is 2640. The number of benzene rings is 2. The van der Waals surface area contributed by atoms with Crippen molar-refractivity contribution in [3.05, 3.63) is 96.7 Å². The van der Waals surface area contributed by atoms with Crippen LogP contribution in [0.25, 0.3) is 0 Å². The van der Waals surface area contributed by atoms with Crippen LogP contribution in [0.1, 0.15) is 27.7 Å². The van der Waals surface area contributed by atoms with E-state index in [2.05, 4.69) is 97.2 Å². The minimum Gasteiger partial charge on any atom is -0.443 e. The molecule has 0 fully saturated rings. The van der Waals surface area contributed by atoms with E-state index >= 15 is 0 Å². The topological polar surface area (TPSA) is 45.3 Å². The highest BCUT2D eigenvalue weighted by molar-refractivity contribution is 5.72. The highest BCUT2D eigenvalue weighted by atomic mass is 16.5. The molecule has 256 valence electrons. The first-order valence-corrected chi connectivity index (χ1v) is 17.2. The molecule has 13 heteroatoms. The predicted octanol–water partition coefficient (Wildman–Crippen LogP) is 4.71. The summed E-state index contributed by atoms with van der Waals surface area (Å²) < 4.78 is 30.8. The second kappa shape index (κ2) is 12.3. The van der Waals surface area contributed by atoms with Crippen molar-refractivity contribution in [3.8, 4) is 11.5 Å². The zero-order valence-corrected chi connectivity index (χ0v) is 31.7. The third-order valence-electron chi connectivity index (χ3n) is 9.90. The lowest BCUT2D eigenvalue weighted by molar-refractivity contribution is -0.450. The first kappa shape index (κ1) is 33.1. The third-order valence-corrected chi connectivity index (χ3v) is 9.90. The Kier molecular flexibility index (Phi) is 7.70. The number of nitrogens with zero attached hydrogens (tertiary/aromatic N) is 12. The van der Waals surface area contributed by atoms with Crippen LogP contribution in [0.2, 0.25) is 0 Å². The molecule has 0 radical (unpaired) electrons. The number of ether oxygens (including phenoxy) is 1. The van der Waals surface area contributed by atoms with Crippen LogP contribution in [0.3, 0.4) is 0 Å². The monoisotopic (exact) mass is 706 g/mol. The average molecular weight is 707 g/mol. The summed E-state index contributed by atoms with van der Waals surface area (Å²) in [7, 11) is 11.8. The van der Waals surface area contributed by atoms with Gasteiger partial charge < -0.3 is 4.74 Å². The molecular weight excluding hydrogens is 665 g/mol. The lowest BCUT2D eigenvalue weighted by Crippen LogP contribution is -2.08. The summed E-state index contributed by atoms with van der Waals surface area (Å²) in [6.07, 6.45) is 15.8. The first-order valence-electron chi connectivity index (χ1n) is 17.2. The van der Waals surface area contributed by atoms with E-state index in [1.165, 1.54) is 0 Å². The molecule has 2 aromatic carbocycles. The largest absolute Gasteiger partial charge is 0.495 e. The van der Waals surface area contributed by atoms with Gasteiger partial charge in [0.05, 0.1) is 24.3 Å². The van der Waals surface area contributed by atoms with Gasteiger partial charge in [0.2, 0.25) is 36.3 Å². The van der Waals surface area contributed by atoms with Crippen LogP contribution in [0.4, 0.5) is 34.1 Å². The van der Waals surface area contributed by atoms with Gasteiger partial charge in [-0.1, -0.05) is 36.6 Å². The zero-order valence-electron chi connectivity index (χ0n) is 31.7. The maximum absolute atomic E-state index is 7.19. The van der Waals surface area contributed by atoms with Crippen molar-refractivity contribution in [3.63, 3.8) is 0 Å². The summed E-state index contributed by atoms with van der Waals surface area (Å²) in [5.41, 5.74) is 9.48. The fourth-order valence-corrected chi connectivity index (χ4v) is 6.52. The molecule has 6 heterocycles. The molecule has 0 spiro atoms. The Hall–Kier alpha value is -7.04. The SMILES string of the molecule is CC1=C(C)[N+](c2cc([N+]3=C=[N+](C)C=C3)c(Oc3cc([N+]4=C=[N+](C)C=C4)c([N+]4=C=[N+](C)C(C)=C4C)cc3[N+]3=C=[N+](C)C=C3)cc2[N+]2=C=[N+](C)C=C2)=C=[N+]1C.